The third kappa shape index (κ3) is 3.60. The number of esters is 1. The van der Waals surface area contributed by atoms with Crippen molar-refractivity contribution in [2.75, 3.05) is 0 Å². The lowest BCUT2D eigenvalue weighted by atomic mass is 10.3. The Kier molecular flexibility index (Phi) is 3.82. The predicted octanol–water partition coefficient (Wildman–Crippen LogP) is 0.623. The average Bonchev–Trinajstić information content (AvgIpc) is 2.19. The highest BCUT2D eigenvalue weighted by Gasteiger charge is 2.09. The molecule has 0 aliphatic carbocycles. The fraction of sp³-hybridized carbons (Fsp3) is 0.182. The van der Waals surface area contributed by atoms with Gasteiger partial charge in [0, 0.05) is 12.3 Å². The molecule has 0 unspecified atom stereocenters. The zero-order valence-corrected chi connectivity index (χ0v) is 9.17. The van der Waals surface area contributed by atoms with Crippen molar-refractivity contribution in [2.45, 2.75) is 13.5 Å². The number of rotatable bonds is 4. The lowest BCUT2D eigenvalue weighted by Gasteiger charge is -2.06. The van der Waals surface area contributed by atoms with Gasteiger partial charge in [0.25, 0.3) is 5.56 Å². The minimum Gasteiger partial charge on any atom is -0.478 e. The van der Waals surface area contributed by atoms with Crippen molar-refractivity contribution in [1.82, 2.24) is 4.57 Å². The Balaban J connectivity index is 2.94. The van der Waals surface area contributed by atoms with E-state index in [0.717, 1.165) is 16.8 Å². The van der Waals surface area contributed by atoms with Crippen LogP contribution in [0.25, 0.3) is 0 Å². The minimum absolute atomic E-state index is 0.0762. The summed E-state index contributed by atoms with van der Waals surface area (Å²) in [5.74, 6) is -1.65. The zero-order valence-electron chi connectivity index (χ0n) is 9.17. The van der Waals surface area contributed by atoms with E-state index in [1.807, 2.05) is 0 Å². The Morgan fingerprint density at radius 3 is 2.65 bits per heavy atom. The molecule has 0 spiro atoms. The molecule has 1 aromatic rings. The molecule has 0 fully saturated rings. The van der Waals surface area contributed by atoms with Crippen molar-refractivity contribution in [2.24, 2.45) is 0 Å². The van der Waals surface area contributed by atoms with Gasteiger partial charge in [-0.25, -0.2) is 9.59 Å². The number of aromatic nitrogens is 1. The van der Waals surface area contributed by atoms with Crippen LogP contribution in [-0.4, -0.2) is 21.6 Å². The predicted molar refractivity (Wildman–Crippen MR) is 58.6 cm³/mol. The molecule has 0 saturated carbocycles. The van der Waals surface area contributed by atoms with E-state index in [2.05, 4.69) is 11.3 Å². The second kappa shape index (κ2) is 5.11. The topological polar surface area (TPSA) is 85.6 Å². The fourth-order valence-electron chi connectivity index (χ4n) is 1.15. The Morgan fingerprint density at radius 1 is 1.47 bits per heavy atom. The van der Waals surface area contributed by atoms with Crippen molar-refractivity contribution in [1.29, 1.82) is 0 Å². The lowest BCUT2D eigenvalue weighted by molar-refractivity contribution is -0.140. The number of pyridine rings is 1. The summed E-state index contributed by atoms with van der Waals surface area (Å²) in [7, 11) is 0. The van der Waals surface area contributed by atoms with Gasteiger partial charge < -0.3 is 14.4 Å². The van der Waals surface area contributed by atoms with Crippen LogP contribution in [0.4, 0.5) is 0 Å². The molecule has 1 N–H and O–H groups in total. The molecular formula is C11H11NO5. The molecule has 1 aromatic heterocycles. The summed E-state index contributed by atoms with van der Waals surface area (Å²) in [5.41, 5.74) is -0.554. The Labute approximate surface area is 96.8 Å². The van der Waals surface area contributed by atoms with Crippen molar-refractivity contribution in [3.63, 3.8) is 0 Å². The quantitative estimate of drug-likeness (QED) is 0.613. The third-order valence-electron chi connectivity index (χ3n) is 1.82. The number of carboxylic acids is 1. The number of ether oxygens (including phenoxy) is 1. The van der Waals surface area contributed by atoms with Gasteiger partial charge in [-0.15, -0.1) is 0 Å². The molecule has 17 heavy (non-hydrogen) atoms. The van der Waals surface area contributed by atoms with Gasteiger partial charge in [0.2, 0.25) is 0 Å². The maximum Gasteiger partial charge on any atom is 0.337 e. The number of carbonyl (C=O) groups excluding carboxylic acids is 1. The van der Waals surface area contributed by atoms with Gasteiger partial charge in [0.15, 0.2) is 0 Å². The third-order valence-corrected chi connectivity index (χ3v) is 1.82. The van der Waals surface area contributed by atoms with Gasteiger partial charge in [-0.3, -0.25) is 4.79 Å². The van der Waals surface area contributed by atoms with Crippen LogP contribution in [0.1, 0.15) is 17.3 Å². The SMILES string of the molecule is C=C(C)OC(=O)Cn1cc(C(=O)O)ccc1=O. The summed E-state index contributed by atoms with van der Waals surface area (Å²) in [6.45, 7) is 4.52. The summed E-state index contributed by atoms with van der Waals surface area (Å²) in [5, 5.41) is 8.73. The molecule has 0 atom stereocenters. The van der Waals surface area contributed by atoms with E-state index >= 15 is 0 Å². The first-order valence-corrected chi connectivity index (χ1v) is 4.70. The number of hydrogen-bond donors (Lipinski definition) is 1. The molecule has 1 heterocycles. The van der Waals surface area contributed by atoms with Crippen molar-refractivity contribution in [3.05, 3.63) is 46.6 Å². The second-order valence-corrected chi connectivity index (χ2v) is 3.37. The van der Waals surface area contributed by atoms with Crippen molar-refractivity contribution in [3.8, 4) is 0 Å². The van der Waals surface area contributed by atoms with Crippen LogP contribution in [0, 0.1) is 0 Å². The first kappa shape index (κ1) is 12.7. The standard InChI is InChI=1S/C11H11NO5/c1-7(2)17-10(14)6-12-5-8(11(15)16)3-4-9(12)13/h3-5H,1,6H2,2H3,(H,15,16). The van der Waals surface area contributed by atoms with Gasteiger partial charge in [-0.05, 0) is 13.0 Å². The van der Waals surface area contributed by atoms with Crippen molar-refractivity contribution >= 4 is 11.9 Å². The zero-order chi connectivity index (χ0) is 13.0. The maximum atomic E-state index is 11.4. The van der Waals surface area contributed by atoms with Gasteiger partial charge in [0.1, 0.15) is 6.54 Å². The second-order valence-electron chi connectivity index (χ2n) is 3.37. The van der Waals surface area contributed by atoms with E-state index in [1.54, 1.807) is 0 Å². The summed E-state index contributed by atoms with van der Waals surface area (Å²) >= 11 is 0. The molecule has 0 amide bonds. The number of aromatic carboxylic acids is 1. The Morgan fingerprint density at radius 2 is 2.12 bits per heavy atom. The van der Waals surface area contributed by atoms with Crippen LogP contribution in [0.3, 0.4) is 0 Å². The summed E-state index contributed by atoms with van der Waals surface area (Å²) < 4.78 is 5.64. The first-order chi connectivity index (χ1) is 7.90. The maximum absolute atomic E-state index is 11.4. The molecule has 0 radical (unpaired) electrons. The number of carboxylic acid groups (broad SMARTS) is 1. The summed E-state index contributed by atoms with van der Waals surface area (Å²) in [6.07, 6.45) is 1.09. The monoisotopic (exact) mass is 237 g/mol. The highest BCUT2D eigenvalue weighted by Crippen LogP contribution is 1.98. The summed E-state index contributed by atoms with van der Waals surface area (Å²) in [6, 6.07) is 2.25. The number of carbonyl (C=O) groups is 2. The van der Waals surface area contributed by atoms with E-state index in [1.165, 1.54) is 13.0 Å². The smallest absolute Gasteiger partial charge is 0.337 e. The van der Waals surface area contributed by atoms with E-state index in [0.29, 0.717) is 0 Å². The molecule has 90 valence electrons. The van der Waals surface area contributed by atoms with Gasteiger partial charge >= 0.3 is 11.9 Å². The molecule has 0 bridgehead atoms. The Bertz CT molecular complexity index is 529. The summed E-state index contributed by atoms with van der Waals surface area (Å²) in [4.78, 5) is 33.3. The largest absolute Gasteiger partial charge is 0.478 e. The van der Waals surface area contributed by atoms with E-state index in [9.17, 15) is 14.4 Å². The molecule has 0 aromatic carbocycles. The van der Waals surface area contributed by atoms with Crippen LogP contribution in [0.15, 0.2) is 35.5 Å². The minimum atomic E-state index is -1.17. The van der Waals surface area contributed by atoms with Crippen LogP contribution in [0.5, 0.6) is 0 Å². The van der Waals surface area contributed by atoms with Gasteiger partial charge in [-0.1, -0.05) is 6.58 Å². The van der Waals surface area contributed by atoms with Crippen molar-refractivity contribution < 1.29 is 19.4 Å². The molecule has 1 rings (SSSR count). The molecule has 6 heteroatoms. The average molecular weight is 237 g/mol. The normalized spacial score (nSPS) is 9.71. The molecule has 0 saturated heterocycles. The highest BCUT2D eigenvalue weighted by atomic mass is 16.5. The fourth-order valence-corrected chi connectivity index (χ4v) is 1.15. The molecular weight excluding hydrogens is 226 g/mol. The number of allylic oxidation sites excluding steroid dienone is 1. The highest BCUT2D eigenvalue weighted by molar-refractivity contribution is 5.87. The van der Waals surface area contributed by atoms with E-state index in [-0.39, 0.29) is 17.9 Å². The van der Waals surface area contributed by atoms with Crippen LogP contribution in [-0.2, 0) is 16.1 Å². The van der Waals surface area contributed by atoms with Crippen LogP contribution >= 0.6 is 0 Å². The number of hydrogen-bond acceptors (Lipinski definition) is 4. The van der Waals surface area contributed by atoms with E-state index in [4.69, 9.17) is 5.11 Å². The molecule has 6 nitrogen and oxygen atoms in total. The van der Waals surface area contributed by atoms with Gasteiger partial charge in [0.05, 0.1) is 11.3 Å². The van der Waals surface area contributed by atoms with E-state index < -0.39 is 17.5 Å². The van der Waals surface area contributed by atoms with Crippen LogP contribution in [0.2, 0.25) is 0 Å². The lowest BCUT2D eigenvalue weighted by Crippen LogP contribution is -2.25. The van der Waals surface area contributed by atoms with Gasteiger partial charge in [-0.2, -0.15) is 0 Å². The molecule has 0 aliphatic rings. The Hall–Kier alpha value is -2.37. The first-order valence-electron chi connectivity index (χ1n) is 4.70. The van der Waals surface area contributed by atoms with Crippen LogP contribution < -0.4 is 5.56 Å². The number of nitrogens with zero attached hydrogens (tertiary/aromatic N) is 1. The molecule has 0 aliphatic heterocycles.